The number of tetrazole rings is 1. The van der Waals surface area contributed by atoms with E-state index in [2.05, 4.69) is 67.3 Å². The molecule has 0 saturated carbocycles. The number of hydrogen-bond donors (Lipinski definition) is 0. The van der Waals surface area contributed by atoms with Gasteiger partial charge in [0, 0.05) is 12.4 Å². The lowest BCUT2D eigenvalue weighted by Crippen LogP contribution is -1.95. The second kappa shape index (κ2) is 6.34. The van der Waals surface area contributed by atoms with E-state index < -0.39 is 0 Å². The average molecular weight is 368 g/mol. The minimum atomic E-state index is 0.677. The van der Waals surface area contributed by atoms with Gasteiger partial charge < -0.3 is 0 Å². The van der Waals surface area contributed by atoms with Gasteiger partial charge in [0.1, 0.15) is 11.4 Å². The van der Waals surface area contributed by atoms with Crippen molar-refractivity contribution in [1.82, 2.24) is 30.2 Å². The van der Waals surface area contributed by atoms with Gasteiger partial charge >= 0.3 is 0 Å². The van der Waals surface area contributed by atoms with Gasteiger partial charge in [0.25, 0.3) is 0 Å². The van der Waals surface area contributed by atoms with Crippen molar-refractivity contribution in [3.05, 3.63) is 65.3 Å². The molecule has 4 aromatic rings. The lowest BCUT2D eigenvalue weighted by Gasteiger charge is -2.11. The van der Waals surface area contributed by atoms with E-state index in [9.17, 15) is 0 Å². The summed E-state index contributed by atoms with van der Waals surface area (Å²) in [6, 6.07) is 12.5. The molecule has 5 rings (SSSR count). The Morgan fingerprint density at radius 2 is 1.96 bits per heavy atom. The van der Waals surface area contributed by atoms with Gasteiger partial charge in [0.2, 0.25) is 5.16 Å². The molecule has 0 spiro atoms. The van der Waals surface area contributed by atoms with Crippen LogP contribution in [0, 0.1) is 0 Å². The van der Waals surface area contributed by atoms with Crippen LogP contribution in [-0.2, 0) is 7.05 Å². The van der Waals surface area contributed by atoms with Gasteiger partial charge in [-0.15, -0.1) is 5.10 Å². The van der Waals surface area contributed by atoms with Crippen molar-refractivity contribution < 1.29 is 0 Å². The maximum atomic E-state index is 4.45. The van der Waals surface area contributed by atoms with Crippen molar-refractivity contribution in [2.24, 2.45) is 7.05 Å². The first-order chi connectivity index (χ1) is 13.3. The highest BCUT2D eigenvalue weighted by Crippen LogP contribution is 2.34. The molecule has 2 heterocycles. The lowest BCUT2D eigenvalue weighted by molar-refractivity contribution is 0.664. The number of benzene rings is 2. The van der Waals surface area contributed by atoms with Crippen LogP contribution in [0.3, 0.4) is 0 Å². The summed E-state index contributed by atoms with van der Waals surface area (Å²) in [4.78, 5) is 8.85. The third-order valence-corrected chi connectivity index (χ3v) is 5.39. The van der Waals surface area contributed by atoms with E-state index in [1.54, 1.807) is 18.1 Å². The zero-order valence-electron chi connectivity index (χ0n) is 14.3. The molecule has 0 bridgehead atoms. The standard InChI is InChI=1S/C20H12N6S/c1-26-20(23-24-25-26)27-19-17-11-14(9-10-18(17)21-12-22-19)16-8-4-6-13-5-2-3-7-15(13)16/h4-12H,1H3. The van der Waals surface area contributed by atoms with E-state index in [0.29, 0.717) is 5.16 Å². The third kappa shape index (κ3) is 2.76. The molecule has 0 N–H and O–H groups in total. The zero-order valence-corrected chi connectivity index (χ0v) is 15.1. The summed E-state index contributed by atoms with van der Waals surface area (Å²) in [5.74, 6) is 0. The summed E-state index contributed by atoms with van der Waals surface area (Å²) in [6.45, 7) is 0. The van der Waals surface area contributed by atoms with Crippen molar-refractivity contribution in [3.63, 3.8) is 0 Å². The largest absolute Gasteiger partial charge is 0.236 e. The van der Waals surface area contributed by atoms with E-state index in [1.807, 2.05) is 18.2 Å². The smallest absolute Gasteiger partial charge is 0.215 e. The fourth-order valence-corrected chi connectivity index (χ4v) is 3.82. The highest BCUT2D eigenvalue weighted by molar-refractivity contribution is 7.99. The normalized spacial score (nSPS) is 11.9. The van der Waals surface area contributed by atoms with Gasteiger partial charge in [-0.05, 0) is 68.7 Å². The van der Waals surface area contributed by atoms with Gasteiger partial charge in [-0.3, -0.25) is 0 Å². The van der Waals surface area contributed by atoms with Crippen LogP contribution in [0.25, 0.3) is 34.2 Å². The van der Waals surface area contributed by atoms with Crippen LogP contribution in [0.5, 0.6) is 0 Å². The molecule has 27 heavy (non-hydrogen) atoms. The summed E-state index contributed by atoms with van der Waals surface area (Å²) < 4.78 is 1.62. The molecule has 6 nitrogen and oxygen atoms in total. The molecule has 0 aliphatic heterocycles. The van der Waals surface area contributed by atoms with Gasteiger partial charge in [-0.25, -0.2) is 14.6 Å². The van der Waals surface area contributed by atoms with Crippen LogP contribution in [0.2, 0.25) is 0 Å². The molecule has 0 amide bonds. The Labute approximate surface area is 159 Å². The molecule has 0 fully saturated rings. The summed E-state index contributed by atoms with van der Waals surface area (Å²) >= 11 is 1.42. The van der Waals surface area contributed by atoms with E-state index in [1.165, 1.54) is 11.8 Å². The molecule has 0 radical (unpaired) electrons. The number of hydrogen-bond acceptors (Lipinski definition) is 6. The van der Waals surface area contributed by atoms with Crippen LogP contribution >= 0.6 is 11.8 Å². The summed E-state index contributed by atoms with van der Waals surface area (Å²) in [6.07, 6.45) is 5.49. The van der Waals surface area contributed by atoms with E-state index in [4.69, 9.17) is 0 Å². The third-order valence-electron chi connectivity index (χ3n) is 4.35. The van der Waals surface area contributed by atoms with Crippen molar-refractivity contribution >= 4 is 34.8 Å². The molecular weight excluding hydrogens is 356 g/mol. The van der Waals surface area contributed by atoms with Crippen LogP contribution in [0.4, 0.5) is 0 Å². The predicted octanol–water partition coefficient (Wildman–Crippen LogP) is 3.77. The van der Waals surface area contributed by atoms with Crippen molar-refractivity contribution in [3.8, 4) is 11.1 Å². The van der Waals surface area contributed by atoms with E-state index >= 15 is 0 Å². The lowest BCUT2D eigenvalue weighted by atomic mass is 9.93. The van der Waals surface area contributed by atoms with Gasteiger partial charge in [0.05, 0.1) is 5.52 Å². The molecule has 7 heteroatoms. The molecule has 2 aromatic carbocycles. The maximum absolute atomic E-state index is 4.45. The van der Waals surface area contributed by atoms with Gasteiger partial charge in [-0.1, -0.05) is 35.7 Å². The summed E-state index contributed by atoms with van der Waals surface area (Å²) in [5, 5.41) is 14.1. The molecule has 1 aliphatic rings. The molecule has 128 valence electrons. The summed E-state index contributed by atoms with van der Waals surface area (Å²) in [5.41, 5.74) is 11.5. The van der Waals surface area contributed by atoms with Crippen molar-refractivity contribution in [2.45, 2.75) is 10.2 Å². The number of aromatic nitrogens is 6. The number of aryl methyl sites for hydroxylation is 1. The highest BCUT2D eigenvalue weighted by atomic mass is 32.2. The summed E-state index contributed by atoms with van der Waals surface area (Å²) in [7, 11) is 1.81. The zero-order chi connectivity index (χ0) is 18.2. The van der Waals surface area contributed by atoms with Crippen molar-refractivity contribution in [1.29, 1.82) is 0 Å². The van der Waals surface area contributed by atoms with Gasteiger partial charge in [0.15, 0.2) is 0 Å². The highest BCUT2D eigenvalue weighted by Gasteiger charge is 2.13. The Morgan fingerprint density at radius 3 is 2.85 bits per heavy atom. The van der Waals surface area contributed by atoms with Crippen molar-refractivity contribution in [2.75, 3.05) is 0 Å². The molecule has 0 saturated heterocycles. The Hall–Kier alpha value is -3.50. The first-order valence-electron chi connectivity index (χ1n) is 8.25. The monoisotopic (exact) mass is 368 g/mol. The molecule has 0 atom stereocenters. The fourth-order valence-electron chi connectivity index (χ4n) is 3.03. The Bertz CT molecular complexity index is 1290. The number of fused-ring (bicyclic) bond motifs is 2. The SMILES string of the molecule is Cn1nnnc1Sc1ncnc2ccc(-c3cccc4c3C=C=C=C4)cc12. The fraction of sp³-hybridized carbons (Fsp3) is 0.0500. The van der Waals surface area contributed by atoms with Gasteiger partial charge in [-0.2, -0.15) is 0 Å². The van der Waals surface area contributed by atoms with Crippen LogP contribution in [0.1, 0.15) is 11.1 Å². The minimum Gasteiger partial charge on any atom is -0.236 e. The first kappa shape index (κ1) is 15.7. The maximum Gasteiger partial charge on any atom is 0.215 e. The number of nitrogens with zero attached hydrogens (tertiary/aromatic N) is 6. The minimum absolute atomic E-state index is 0.677. The average Bonchev–Trinajstić information content (AvgIpc) is 3.12. The molecule has 2 aromatic heterocycles. The van der Waals surface area contributed by atoms with Crippen LogP contribution < -0.4 is 0 Å². The quantitative estimate of drug-likeness (QED) is 0.357. The van der Waals surface area contributed by atoms with E-state index in [0.717, 1.165) is 38.2 Å². The first-order valence-corrected chi connectivity index (χ1v) is 9.07. The van der Waals surface area contributed by atoms with E-state index in [-0.39, 0.29) is 0 Å². The molecule has 1 aliphatic carbocycles. The Balaban J connectivity index is 1.66. The second-order valence-corrected chi connectivity index (χ2v) is 6.94. The molecular formula is C20H12N6S. The van der Waals surface area contributed by atoms with Crippen LogP contribution in [-0.4, -0.2) is 30.2 Å². The van der Waals surface area contributed by atoms with Crippen LogP contribution in [0.15, 0.2) is 64.4 Å². The topological polar surface area (TPSA) is 69.4 Å². The number of rotatable bonds is 3. The second-order valence-electron chi connectivity index (χ2n) is 5.98. The Morgan fingerprint density at radius 1 is 1.04 bits per heavy atom. The molecule has 0 unspecified atom stereocenters. The predicted molar refractivity (Wildman–Crippen MR) is 104 cm³/mol. The Kier molecular flexibility index (Phi) is 3.69.